The van der Waals surface area contributed by atoms with Gasteiger partial charge in [-0.1, -0.05) is 23.2 Å². The number of anilines is 1. The van der Waals surface area contributed by atoms with Crippen molar-refractivity contribution in [3.63, 3.8) is 0 Å². The molecule has 2 aromatic rings. The maximum Gasteiger partial charge on any atom is 0.335 e. The van der Waals surface area contributed by atoms with Crippen LogP contribution in [0.1, 0.15) is 10.4 Å². The molecule has 0 fully saturated rings. The van der Waals surface area contributed by atoms with E-state index >= 15 is 0 Å². The highest BCUT2D eigenvalue weighted by Crippen LogP contribution is 2.25. The Bertz CT molecular complexity index is 835. The third-order valence-corrected chi connectivity index (χ3v) is 4.39. The molecule has 0 unspecified atom stereocenters. The highest BCUT2D eigenvalue weighted by molar-refractivity contribution is 7.92. The van der Waals surface area contributed by atoms with Crippen molar-refractivity contribution in [1.82, 2.24) is 0 Å². The molecule has 2 N–H and O–H groups in total. The van der Waals surface area contributed by atoms with Gasteiger partial charge in [-0.2, -0.15) is 0 Å². The molecule has 0 aliphatic carbocycles. The van der Waals surface area contributed by atoms with E-state index in [-0.39, 0.29) is 20.5 Å². The Balaban J connectivity index is 2.44. The smallest absolute Gasteiger partial charge is 0.335 e. The lowest BCUT2D eigenvalue weighted by Gasteiger charge is -2.10. The minimum atomic E-state index is -4.18. The van der Waals surface area contributed by atoms with E-state index in [1.54, 1.807) is 0 Å². The van der Waals surface area contributed by atoms with Crippen LogP contribution in [0.3, 0.4) is 0 Å². The lowest BCUT2D eigenvalue weighted by Crippen LogP contribution is -2.14. The van der Waals surface area contributed by atoms with Gasteiger partial charge in [-0.15, -0.1) is 0 Å². The first-order valence-electron chi connectivity index (χ1n) is 5.71. The minimum Gasteiger partial charge on any atom is -0.478 e. The molecule has 0 saturated heterocycles. The molecule has 22 heavy (non-hydrogen) atoms. The van der Waals surface area contributed by atoms with Gasteiger partial charge < -0.3 is 5.11 Å². The van der Waals surface area contributed by atoms with Gasteiger partial charge in [0.2, 0.25) is 0 Å². The minimum absolute atomic E-state index is 0.0904. The first-order chi connectivity index (χ1) is 10.2. The molecule has 0 aliphatic rings. The van der Waals surface area contributed by atoms with Crippen LogP contribution in [0.15, 0.2) is 41.3 Å². The van der Waals surface area contributed by atoms with Gasteiger partial charge in [-0.3, -0.25) is 4.72 Å². The molecule has 0 bridgehead atoms. The average molecular weight is 364 g/mol. The molecule has 0 amide bonds. The molecule has 0 aromatic heterocycles. The molecule has 5 nitrogen and oxygen atoms in total. The van der Waals surface area contributed by atoms with Crippen molar-refractivity contribution in [1.29, 1.82) is 0 Å². The second-order valence-electron chi connectivity index (χ2n) is 4.21. The van der Waals surface area contributed by atoms with Crippen molar-refractivity contribution < 1.29 is 22.7 Å². The number of benzene rings is 2. The van der Waals surface area contributed by atoms with Crippen LogP contribution in [0, 0.1) is 5.82 Å². The van der Waals surface area contributed by atoms with Crippen LogP contribution >= 0.6 is 23.2 Å². The van der Waals surface area contributed by atoms with Crippen molar-refractivity contribution in [3.05, 3.63) is 57.8 Å². The molecule has 0 atom stereocenters. The molecule has 0 heterocycles. The lowest BCUT2D eigenvalue weighted by molar-refractivity contribution is 0.0697. The fourth-order valence-corrected chi connectivity index (χ4v) is 3.41. The molecule has 116 valence electrons. The van der Waals surface area contributed by atoms with Gasteiger partial charge in [-0.05, 0) is 36.4 Å². The Kier molecular flexibility index (Phi) is 4.60. The van der Waals surface area contributed by atoms with Crippen LogP contribution in [0.2, 0.25) is 10.0 Å². The van der Waals surface area contributed by atoms with Gasteiger partial charge in [0.25, 0.3) is 10.0 Å². The topological polar surface area (TPSA) is 83.5 Å². The maximum atomic E-state index is 13.7. The van der Waals surface area contributed by atoms with Gasteiger partial charge in [0.05, 0.1) is 16.1 Å². The molecule has 0 radical (unpaired) electrons. The van der Waals surface area contributed by atoms with Crippen LogP contribution in [-0.2, 0) is 10.0 Å². The predicted molar refractivity (Wildman–Crippen MR) is 80.6 cm³/mol. The predicted octanol–water partition coefficient (Wildman–Crippen LogP) is 3.63. The summed E-state index contributed by atoms with van der Waals surface area (Å²) in [7, 11) is -4.18. The van der Waals surface area contributed by atoms with Crippen molar-refractivity contribution in [2.75, 3.05) is 4.72 Å². The number of carboxylic acid groups (broad SMARTS) is 1. The first kappa shape index (κ1) is 16.5. The van der Waals surface area contributed by atoms with E-state index in [0.717, 1.165) is 30.3 Å². The van der Waals surface area contributed by atoms with E-state index in [0.29, 0.717) is 0 Å². The summed E-state index contributed by atoms with van der Waals surface area (Å²) in [5.74, 6) is -2.23. The Morgan fingerprint density at radius 1 is 1.09 bits per heavy atom. The number of aromatic carboxylic acids is 1. The van der Waals surface area contributed by atoms with Crippen LogP contribution in [-0.4, -0.2) is 19.5 Å². The van der Waals surface area contributed by atoms with Gasteiger partial charge in [0, 0.05) is 10.0 Å². The van der Waals surface area contributed by atoms with E-state index in [2.05, 4.69) is 0 Å². The Hall–Kier alpha value is -1.83. The van der Waals surface area contributed by atoms with Crippen molar-refractivity contribution in [2.24, 2.45) is 0 Å². The normalized spacial score (nSPS) is 11.2. The number of carboxylic acids is 1. The van der Waals surface area contributed by atoms with Crippen molar-refractivity contribution in [3.8, 4) is 0 Å². The van der Waals surface area contributed by atoms with E-state index in [4.69, 9.17) is 28.3 Å². The highest BCUT2D eigenvalue weighted by atomic mass is 35.5. The number of sulfonamides is 1. The number of rotatable bonds is 4. The number of halogens is 3. The Morgan fingerprint density at radius 3 is 2.23 bits per heavy atom. The van der Waals surface area contributed by atoms with Crippen LogP contribution < -0.4 is 4.72 Å². The van der Waals surface area contributed by atoms with Gasteiger partial charge in [-0.25, -0.2) is 17.6 Å². The summed E-state index contributed by atoms with van der Waals surface area (Å²) in [4.78, 5) is 10.6. The Morgan fingerprint density at radius 2 is 1.68 bits per heavy atom. The number of carbonyl (C=O) groups is 1. The maximum absolute atomic E-state index is 13.7. The zero-order valence-corrected chi connectivity index (χ0v) is 13.0. The molecule has 2 rings (SSSR count). The number of hydrogen-bond acceptors (Lipinski definition) is 3. The summed E-state index contributed by atoms with van der Waals surface area (Å²) in [5, 5.41) is 9.03. The molecule has 0 aliphatic heterocycles. The summed E-state index contributed by atoms with van der Waals surface area (Å²) < 4.78 is 40.0. The zero-order chi connectivity index (χ0) is 16.5. The van der Waals surface area contributed by atoms with E-state index in [1.165, 1.54) is 6.07 Å². The quantitative estimate of drug-likeness (QED) is 0.868. The van der Waals surface area contributed by atoms with E-state index < -0.39 is 27.5 Å². The SMILES string of the molecule is O=C(O)c1ccc(F)c(NS(=O)(=O)c2cc(Cl)cc(Cl)c2)c1. The molecular formula is C13H8Cl2FNO4S. The van der Waals surface area contributed by atoms with E-state index in [9.17, 15) is 17.6 Å². The molecule has 9 heteroatoms. The highest BCUT2D eigenvalue weighted by Gasteiger charge is 2.19. The standard InChI is InChI=1S/C13H8Cl2FNO4S/c14-8-4-9(15)6-10(5-8)22(20,21)17-12-3-7(13(18)19)1-2-11(12)16/h1-6,17H,(H,18,19). The molecule has 0 spiro atoms. The second-order valence-corrected chi connectivity index (χ2v) is 6.77. The molecule has 2 aromatic carbocycles. The summed E-state index contributed by atoms with van der Waals surface area (Å²) in [6.07, 6.45) is 0. The monoisotopic (exact) mass is 363 g/mol. The van der Waals surface area contributed by atoms with Crippen molar-refractivity contribution in [2.45, 2.75) is 4.90 Å². The average Bonchev–Trinajstić information content (AvgIpc) is 2.39. The molecule has 0 saturated carbocycles. The number of nitrogens with one attached hydrogen (secondary N) is 1. The van der Waals surface area contributed by atoms with Crippen LogP contribution in [0.4, 0.5) is 10.1 Å². The lowest BCUT2D eigenvalue weighted by atomic mass is 10.2. The van der Waals surface area contributed by atoms with Gasteiger partial charge >= 0.3 is 5.97 Å². The summed E-state index contributed by atoms with van der Waals surface area (Å²) in [6, 6.07) is 6.36. The summed E-state index contributed by atoms with van der Waals surface area (Å²) >= 11 is 11.5. The summed E-state index contributed by atoms with van der Waals surface area (Å²) in [5.41, 5.74) is -0.751. The zero-order valence-electron chi connectivity index (χ0n) is 10.7. The van der Waals surface area contributed by atoms with Gasteiger partial charge in [0.1, 0.15) is 5.82 Å². The first-order valence-corrected chi connectivity index (χ1v) is 7.95. The second kappa shape index (κ2) is 6.12. The fraction of sp³-hybridized carbons (Fsp3) is 0. The fourth-order valence-electron chi connectivity index (χ4n) is 1.62. The van der Waals surface area contributed by atoms with Gasteiger partial charge in [0.15, 0.2) is 0 Å². The third kappa shape index (κ3) is 3.68. The van der Waals surface area contributed by atoms with Crippen LogP contribution in [0.5, 0.6) is 0 Å². The van der Waals surface area contributed by atoms with E-state index in [1.807, 2.05) is 4.72 Å². The number of hydrogen-bond donors (Lipinski definition) is 2. The largest absolute Gasteiger partial charge is 0.478 e. The Labute approximate surface area is 135 Å². The third-order valence-electron chi connectivity index (χ3n) is 2.60. The molecular weight excluding hydrogens is 356 g/mol. The van der Waals surface area contributed by atoms with Crippen molar-refractivity contribution >= 4 is 44.9 Å². The summed E-state index contributed by atoms with van der Waals surface area (Å²) in [6.45, 7) is 0. The van der Waals surface area contributed by atoms with Crippen LogP contribution in [0.25, 0.3) is 0 Å².